The van der Waals surface area contributed by atoms with E-state index < -0.39 is 17.6 Å². The molecule has 0 aromatic heterocycles. The zero-order chi connectivity index (χ0) is 20.0. The second-order valence-corrected chi connectivity index (χ2v) is 6.06. The first-order chi connectivity index (χ1) is 12.7. The lowest BCUT2D eigenvalue weighted by Gasteiger charge is -2.13. The molecule has 1 atom stereocenters. The van der Waals surface area contributed by atoms with Crippen molar-refractivity contribution in [2.75, 3.05) is 24.2 Å². The third-order valence-corrected chi connectivity index (χ3v) is 3.80. The smallest absolute Gasteiger partial charge is 0.326 e. The number of hydrogen-bond acceptors (Lipinski definition) is 3. The molecule has 3 N–H and O–H groups in total. The van der Waals surface area contributed by atoms with Gasteiger partial charge in [0.05, 0.1) is 5.56 Å². The maximum Gasteiger partial charge on any atom is 0.416 e. The van der Waals surface area contributed by atoms with E-state index in [-0.39, 0.29) is 17.4 Å². The summed E-state index contributed by atoms with van der Waals surface area (Å²) in [7, 11) is 1.74. The minimum atomic E-state index is -4.52. The largest absolute Gasteiger partial charge is 0.416 e. The highest BCUT2D eigenvalue weighted by atomic mass is 19.4. The van der Waals surface area contributed by atoms with Crippen molar-refractivity contribution in [2.24, 2.45) is 5.92 Å². The number of halogens is 3. The topological polar surface area (TPSA) is 70.2 Å². The first kappa shape index (κ1) is 20.4. The number of amides is 2. The van der Waals surface area contributed by atoms with Crippen LogP contribution in [-0.4, -0.2) is 25.4 Å². The lowest BCUT2D eigenvalue weighted by atomic mass is 10.1. The number of carbonyl (C=O) groups is 2. The Balaban J connectivity index is 2.10. The lowest BCUT2D eigenvalue weighted by Crippen LogP contribution is -2.28. The lowest BCUT2D eigenvalue weighted by molar-refractivity contribution is -0.137. The second kappa shape index (κ2) is 8.68. The van der Waals surface area contributed by atoms with Gasteiger partial charge in [-0.25, -0.2) is 0 Å². The molecule has 2 amide bonds. The van der Waals surface area contributed by atoms with Gasteiger partial charge in [0.15, 0.2) is 0 Å². The third kappa shape index (κ3) is 5.82. The van der Waals surface area contributed by atoms with Crippen molar-refractivity contribution in [1.82, 2.24) is 5.32 Å². The highest BCUT2D eigenvalue weighted by molar-refractivity contribution is 6.04. The molecule has 2 rings (SSSR count). The minimum absolute atomic E-state index is 0.109. The van der Waals surface area contributed by atoms with Crippen LogP contribution < -0.4 is 16.0 Å². The molecular formula is C19H20F3N3O2. The fraction of sp³-hybridized carbons (Fsp3) is 0.263. The fourth-order valence-electron chi connectivity index (χ4n) is 2.38. The number of anilines is 2. The Labute approximate surface area is 155 Å². The standard InChI is InChI=1S/C19H20F3N3O2/c1-12(11-23-2)17(26)24-15-7-4-8-16(10-15)25-18(27)13-5-3-6-14(9-13)19(20,21)22/h3-10,12,23H,11H2,1-2H3,(H,24,26)(H,25,27). The number of hydrogen-bond donors (Lipinski definition) is 3. The molecule has 0 fully saturated rings. The summed E-state index contributed by atoms with van der Waals surface area (Å²) in [6.07, 6.45) is -4.52. The predicted octanol–water partition coefficient (Wildman–Crippen LogP) is 3.75. The van der Waals surface area contributed by atoms with Crippen LogP contribution in [0.4, 0.5) is 24.5 Å². The van der Waals surface area contributed by atoms with Crippen LogP contribution in [0.5, 0.6) is 0 Å². The van der Waals surface area contributed by atoms with Gasteiger partial charge >= 0.3 is 6.18 Å². The molecule has 8 heteroatoms. The van der Waals surface area contributed by atoms with Crippen molar-refractivity contribution in [3.05, 3.63) is 59.7 Å². The van der Waals surface area contributed by atoms with Crippen LogP contribution in [-0.2, 0) is 11.0 Å². The summed E-state index contributed by atoms with van der Waals surface area (Å²) < 4.78 is 38.3. The van der Waals surface area contributed by atoms with E-state index in [0.29, 0.717) is 17.9 Å². The Morgan fingerprint density at radius 1 is 1.00 bits per heavy atom. The summed E-state index contributed by atoms with van der Waals surface area (Å²) in [4.78, 5) is 24.3. The SMILES string of the molecule is CNCC(C)C(=O)Nc1cccc(NC(=O)c2cccc(C(F)(F)F)c2)c1. The van der Waals surface area contributed by atoms with Gasteiger partial charge in [-0.1, -0.05) is 19.1 Å². The molecular weight excluding hydrogens is 359 g/mol. The van der Waals surface area contributed by atoms with Crippen molar-refractivity contribution >= 4 is 23.2 Å². The summed E-state index contributed by atoms with van der Waals surface area (Å²) in [5, 5.41) is 8.17. The van der Waals surface area contributed by atoms with Crippen molar-refractivity contribution < 1.29 is 22.8 Å². The highest BCUT2D eigenvalue weighted by Crippen LogP contribution is 2.29. The predicted molar refractivity (Wildman–Crippen MR) is 97.6 cm³/mol. The number of carbonyl (C=O) groups excluding carboxylic acids is 2. The molecule has 2 aromatic carbocycles. The first-order valence-corrected chi connectivity index (χ1v) is 8.25. The van der Waals surface area contributed by atoms with E-state index >= 15 is 0 Å². The van der Waals surface area contributed by atoms with Crippen LogP contribution in [0.3, 0.4) is 0 Å². The van der Waals surface area contributed by atoms with Crippen molar-refractivity contribution in [1.29, 1.82) is 0 Å². The average Bonchev–Trinajstić information content (AvgIpc) is 2.61. The van der Waals surface area contributed by atoms with Gasteiger partial charge in [0.25, 0.3) is 5.91 Å². The Hall–Kier alpha value is -2.87. The van der Waals surface area contributed by atoms with Crippen molar-refractivity contribution in [2.45, 2.75) is 13.1 Å². The Morgan fingerprint density at radius 2 is 1.63 bits per heavy atom. The fourth-order valence-corrected chi connectivity index (χ4v) is 2.38. The van der Waals surface area contributed by atoms with E-state index in [4.69, 9.17) is 0 Å². The summed E-state index contributed by atoms with van der Waals surface area (Å²) in [6, 6.07) is 10.6. The summed E-state index contributed by atoms with van der Waals surface area (Å²) in [6.45, 7) is 2.28. The highest BCUT2D eigenvalue weighted by Gasteiger charge is 2.30. The molecule has 144 valence electrons. The van der Waals surface area contributed by atoms with E-state index in [2.05, 4.69) is 16.0 Å². The number of nitrogens with one attached hydrogen (secondary N) is 3. The molecule has 0 aliphatic carbocycles. The molecule has 0 saturated carbocycles. The van der Waals surface area contributed by atoms with Crippen LogP contribution in [0, 0.1) is 5.92 Å². The van der Waals surface area contributed by atoms with Crippen LogP contribution in [0.15, 0.2) is 48.5 Å². The molecule has 0 radical (unpaired) electrons. The zero-order valence-electron chi connectivity index (χ0n) is 14.9. The van der Waals surface area contributed by atoms with E-state index in [0.717, 1.165) is 12.1 Å². The number of benzene rings is 2. The molecule has 0 bridgehead atoms. The molecule has 0 saturated heterocycles. The Bertz CT molecular complexity index is 822. The van der Waals surface area contributed by atoms with Gasteiger partial charge in [0.2, 0.25) is 5.91 Å². The van der Waals surface area contributed by atoms with Crippen molar-refractivity contribution in [3.8, 4) is 0 Å². The van der Waals surface area contributed by atoms with Crippen LogP contribution in [0.25, 0.3) is 0 Å². The van der Waals surface area contributed by atoms with Crippen LogP contribution >= 0.6 is 0 Å². The van der Waals surface area contributed by atoms with Gasteiger partial charge < -0.3 is 16.0 Å². The molecule has 0 aliphatic rings. The molecule has 0 aliphatic heterocycles. The monoisotopic (exact) mass is 379 g/mol. The maximum atomic E-state index is 12.8. The third-order valence-electron chi connectivity index (χ3n) is 3.80. The number of rotatable bonds is 6. The first-order valence-electron chi connectivity index (χ1n) is 8.25. The van der Waals surface area contributed by atoms with E-state index in [1.807, 2.05) is 0 Å². The number of alkyl halides is 3. The normalized spacial score (nSPS) is 12.3. The van der Waals surface area contributed by atoms with Crippen LogP contribution in [0.2, 0.25) is 0 Å². The van der Waals surface area contributed by atoms with Gasteiger partial charge in [-0.15, -0.1) is 0 Å². The van der Waals surface area contributed by atoms with Gasteiger partial charge in [0.1, 0.15) is 0 Å². The van der Waals surface area contributed by atoms with E-state index in [1.54, 1.807) is 32.2 Å². The van der Waals surface area contributed by atoms with Crippen LogP contribution in [0.1, 0.15) is 22.8 Å². The maximum absolute atomic E-state index is 12.8. The van der Waals surface area contributed by atoms with E-state index in [9.17, 15) is 22.8 Å². The molecule has 0 heterocycles. The van der Waals surface area contributed by atoms with Gasteiger partial charge in [-0.05, 0) is 43.4 Å². The average molecular weight is 379 g/mol. The Morgan fingerprint density at radius 3 is 2.26 bits per heavy atom. The molecule has 2 aromatic rings. The summed E-state index contributed by atoms with van der Waals surface area (Å²) in [5.41, 5.74) is -0.169. The minimum Gasteiger partial charge on any atom is -0.326 e. The Kier molecular flexibility index (Phi) is 6.57. The quantitative estimate of drug-likeness (QED) is 0.716. The van der Waals surface area contributed by atoms with Crippen molar-refractivity contribution in [3.63, 3.8) is 0 Å². The molecule has 0 spiro atoms. The molecule has 1 unspecified atom stereocenters. The zero-order valence-corrected chi connectivity index (χ0v) is 14.9. The summed E-state index contributed by atoms with van der Waals surface area (Å²) >= 11 is 0. The molecule has 5 nitrogen and oxygen atoms in total. The summed E-state index contributed by atoms with van der Waals surface area (Å²) in [5.74, 6) is -1.11. The van der Waals surface area contributed by atoms with Gasteiger partial charge in [0, 0.05) is 29.4 Å². The molecule has 27 heavy (non-hydrogen) atoms. The second-order valence-electron chi connectivity index (χ2n) is 6.06. The van der Waals surface area contributed by atoms with Gasteiger partial charge in [-0.3, -0.25) is 9.59 Å². The van der Waals surface area contributed by atoms with E-state index in [1.165, 1.54) is 18.2 Å². The van der Waals surface area contributed by atoms with Gasteiger partial charge in [-0.2, -0.15) is 13.2 Å².